The molecular weight excluding hydrogens is 332 g/mol. The maximum absolute atomic E-state index is 12.8. The van der Waals surface area contributed by atoms with Crippen molar-refractivity contribution in [2.75, 3.05) is 18.4 Å². The molecule has 1 aliphatic rings. The number of anilines is 1. The molecule has 1 N–H and O–H groups in total. The van der Waals surface area contributed by atoms with Gasteiger partial charge in [0, 0.05) is 24.3 Å². The number of aryl methyl sites for hydroxylation is 1. The topological polar surface area (TPSA) is 32.3 Å². The molecule has 2 aromatic carbocycles. The molecule has 1 heterocycles. The zero-order valence-electron chi connectivity index (χ0n) is 17.1. The molecule has 27 heavy (non-hydrogen) atoms. The predicted octanol–water partition coefficient (Wildman–Crippen LogP) is 5.60. The van der Waals surface area contributed by atoms with Crippen molar-refractivity contribution in [2.45, 2.75) is 53.0 Å². The van der Waals surface area contributed by atoms with E-state index in [4.69, 9.17) is 0 Å². The van der Waals surface area contributed by atoms with E-state index in [0.29, 0.717) is 11.5 Å². The minimum Gasteiger partial charge on any atom is -0.321 e. The third-order valence-corrected chi connectivity index (χ3v) is 5.53. The Bertz CT molecular complexity index is 779. The van der Waals surface area contributed by atoms with Crippen LogP contribution in [-0.4, -0.2) is 23.9 Å². The van der Waals surface area contributed by atoms with Crippen LogP contribution in [0.1, 0.15) is 66.6 Å². The fourth-order valence-corrected chi connectivity index (χ4v) is 3.98. The van der Waals surface area contributed by atoms with Gasteiger partial charge in [0.15, 0.2) is 0 Å². The van der Waals surface area contributed by atoms with Crippen molar-refractivity contribution in [1.82, 2.24) is 4.90 Å². The van der Waals surface area contributed by atoms with Gasteiger partial charge in [0.05, 0.1) is 0 Å². The highest BCUT2D eigenvalue weighted by Crippen LogP contribution is 2.28. The Balaban J connectivity index is 1.68. The van der Waals surface area contributed by atoms with Crippen molar-refractivity contribution in [3.8, 4) is 0 Å². The quantitative estimate of drug-likeness (QED) is 0.748. The van der Waals surface area contributed by atoms with E-state index in [1.54, 1.807) is 0 Å². The average Bonchev–Trinajstić information content (AvgIpc) is 2.63. The first-order valence-electron chi connectivity index (χ1n) is 10.2. The second-order valence-corrected chi connectivity index (χ2v) is 8.33. The Labute approximate surface area is 163 Å². The van der Waals surface area contributed by atoms with E-state index in [1.807, 2.05) is 25.1 Å². The van der Waals surface area contributed by atoms with Gasteiger partial charge in [-0.3, -0.25) is 9.69 Å². The van der Waals surface area contributed by atoms with Crippen LogP contribution < -0.4 is 5.32 Å². The average molecular weight is 365 g/mol. The van der Waals surface area contributed by atoms with Gasteiger partial charge in [0.1, 0.15) is 0 Å². The van der Waals surface area contributed by atoms with E-state index in [0.717, 1.165) is 23.7 Å². The molecule has 3 rings (SSSR count). The Kier molecular flexibility index (Phi) is 6.33. The Hall–Kier alpha value is -2.13. The molecule has 1 fully saturated rings. The fourth-order valence-electron chi connectivity index (χ4n) is 3.98. The van der Waals surface area contributed by atoms with Crippen molar-refractivity contribution in [3.05, 3.63) is 64.7 Å². The number of benzene rings is 2. The summed E-state index contributed by atoms with van der Waals surface area (Å²) in [7, 11) is 0. The van der Waals surface area contributed by atoms with Crippen LogP contribution in [0.4, 0.5) is 5.69 Å². The number of carbonyl (C=O) groups excluding carboxylic acids is 1. The summed E-state index contributed by atoms with van der Waals surface area (Å²) in [5.74, 6) is 1.12. The molecule has 144 valence electrons. The normalized spacial score (nSPS) is 17.9. The largest absolute Gasteiger partial charge is 0.321 e. The van der Waals surface area contributed by atoms with Crippen LogP contribution in [-0.2, 0) is 6.54 Å². The van der Waals surface area contributed by atoms with Gasteiger partial charge in [-0.1, -0.05) is 51.1 Å². The molecule has 2 aromatic rings. The minimum absolute atomic E-state index is 0.0376. The number of amides is 1. The summed E-state index contributed by atoms with van der Waals surface area (Å²) in [6, 6.07) is 14.3. The summed E-state index contributed by atoms with van der Waals surface area (Å²) >= 11 is 0. The number of likely N-dealkylation sites (tertiary alicyclic amines) is 1. The zero-order valence-corrected chi connectivity index (χ0v) is 17.1. The lowest BCUT2D eigenvalue weighted by molar-refractivity contribution is 0.102. The van der Waals surface area contributed by atoms with Crippen LogP contribution in [0.25, 0.3) is 0 Å². The van der Waals surface area contributed by atoms with E-state index in [-0.39, 0.29) is 5.91 Å². The Morgan fingerprint density at radius 2 is 1.93 bits per heavy atom. The Morgan fingerprint density at radius 3 is 2.59 bits per heavy atom. The van der Waals surface area contributed by atoms with Crippen molar-refractivity contribution >= 4 is 11.6 Å². The van der Waals surface area contributed by atoms with Gasteiger partial charge in [0.2, 0.25) is 0 Å². The molecule has 1 saturated heterocycles. The van der Waals surface area contributed by atoms with Crippen LogP contribution in [0.2, 0.25) is 0 Å². The van der Waals surface area contributed by atoms with Crippen molar-refractivity contribution in [1.29, 1.82) is 0 Å². The molecule has 0 aliphatic carbocycles. The van der Waals surface area contributed by atoms with Gasteiger partial charge in [-0.15, -0.1) is 0 Å². The maximum Gasteiger partial charge on any atom is 0.255 e. The molecule has 1 unspecified atom stereocenters. The number of nitrogens with zero attached hydrogens (tertiary/aromatic N) is 1. The third kappa shape index (κ3) is 4.98. The molecule has 0 spiro atoms. The second kappa shape index (κ2) is 8.71. The van der Waals surface area contributed by atoms with Gasteiger partial charge < -0.3 is 5.32 Å². The van der Waals surface area contributed by atoms with Gasteiger partial charge in [-0.05, 0) is 67.0 Å². The predicted molar refractivity (Wildman–Crippen MR) is 113 cm³/mol. The van der Waals surface area contributed by atoms with E-state index < -0.39 is 0 Å². The van der Waals surface area contributed by atoms with Gasteiger partial charge in [-0.2, -0.15) is 0 Å². The molecule has 3 heteroatoms. The van der Waals surface area contributed by atoms with E-state index >= 15 is 0 Å². The van der Waals surface area contributed by atoms with Crippen LogP contribution in [0.3, 0.4) is 0 Å². The summed E-state index contributed by atoms with van der Waals surface area (Å²) in [5, 5.41) is 3.13. The van der Waals surface area contributed by atoms with E-state index in [2.05, 4.69) is 55.3 Å². The van der Waals surface area contributed by atoms with E-state index in [1.165, 1.54) is 37.1 Å². The molecule has 0 bridgehead atoms. The third-order valence-electron chi connectivity index (χ3n) is 5.53. The summed E-state index contributed by atoms with van der Waals surface area (Å²) in [5.41, 5.74) is 5.22. The number of carbonyl (C=O) groups is 1. The SMILES string of the molecule is Cc1cccc(C(C)C)c1NC(=O)c1ccc(CN2CCCC(C)C2)cc1. The molecule has 1 amide bonds. The molecule has 3 nitrogen and oxygen atoms in total. The molecule has 1 atom stereocenters. The molecular formula is C24H32N2O. The summed E-state index contributed by atoms with van der Waals surface area (Å²) in [6.45, 7) is 12.0. The number of nitrogens with one attached hydrogen (secondary N) is 1. The lowest BCUT2D eigenvalue weighted by Crippen LogP contribution is -2.33. The summed E-state index contributed by atoms with van der Waals surface area (Å²) < 4.78 is 0. The highest BCUT2D eigenvalue weighted by molar-refractivity contribution is 6.05. The highest BCUT2D eigenvalue weighted by atomic mass is 16.1. The van der Waals surface area contributed by atoms with Gasteiger partial charge in [0.25, 0.3) is 5.91 Å². The number of hydrogen-bond donors (Lipinski definition) is 1. The fraction of sp³-hybridized carbons (Fsp3) is 0.458. The van der Waals surface area contributed by atoms with Crippen molar-refractivity contribution in [2.24, 2.45) is 5.92 Å². The number of hydrogen-bond acceptors (Lipinski definition) is 2. The monoisotopic (exact) mass is 364 g/mol. The zero-order chi connectivity index (χ0) is 19.4. The highest BCUT2D eigenvalue weighted by Gasteiger charge is 2.17. The van der Waals surface area contributed by atoms with Crippen LogP contribution in [0, 0.1) is 12.8 Å². The van der Waals surface area contributed by atoms with Gasteiger partial charge in [-0.25, -0.2) is 0 Å². The standard InChI is InChI=1S/C24H32N2O/c1-17(2)22-9-5-8-19(4)23(22)25-24(27)21-12-10-20(11-13-21)16-26-14-6-7-18(3)15-26/h5,8-13,17-18H,6-7,14-16H2,1-4H3,(H,25,27). The molecule has 0 aromatic heterocycles. The van der Waals surface area contributed by atoms with Crippen molar-refractivity contribution in [3.63, 3.8) is 0 Å². The van der Waals surface area contributed by atoms with Crippen LogP contribution >= 0.6 is 0 Å². The van der Waals surface area contributed by atoms with Crippen LogP contribution in [0.5, 0.6) is 0 Å². The molecule has 0 radical (unpaired) electrons. The maximum atomic E-state index is 12.8. The first kappa shape index (κ1) is 19.6. The smallest absolute Gasteiger partial charge is 0.255 e. The number of rotatable bonds is 5. The first-order chi connectivity index (χ1) is 12.9. The molecule has 0 saturated carbocycles. The van der Waals surface area contributed by atoms with E-state index in [9.17, 15) is 4.79 Å². The van der Waals surface area contributed by atoms with Crippen molar-refractivity contribution < 1.29 is 4.79 Å². The number of piperidine rings is 1. The summed E-state index contributed by atoms with van der Waals surface area (Å²) in [6.07, 6.45) is 2.63. The second-order valence-electron chi connectivity index (χ2n) is 8.33. The Morgan fingerprint density at radius 1 is 1.19 bits per heavy atom. The molecule has 1 aliphatic heterocycles. The first-order valence-corrected chi connectivity index (χ1v) is 10.2. The van der Waals surface area contributed by atoms with Crippen LogP contribution in [0.15, 0.2) is 42.5 Å². The number of para-hydroxylation sites is 1. The lowest BCUT2D eigenvalue weighted by Gasteiger charge is -2.30. The lowest BCUT2D eigenvalue weighted by atomic mass is 9.98. The summed E-state index contributed by atoms with van der Waals surface area (Å²) in [4.78, 5) is 15.3. The van der Waals surface area contributed by atoms with Gasteiger partial charge >= 0.3 is 0 Å². The minimum atomic E-state index is -0.0376.